The minimum absolute atomic E-state index is 0.116. The summed E-state index contributed by atoms with van der Waals surface area (Å²) in [6.45, 7) is 0.116. The molecule has 0 unspecified atom stereocenters. The molecule has 9 heteroatoms. The molecule has 0 fully saturated rings. The van der Waals surface area contributed by atoms with Crippen LogP contribution in [0.1, 0.15) is 26.8 Å². The summed E-state index contributed by atoms with van der Waals surface area (Å²) in [5, 5.41) is 17.4. The van der Waals surface area contributed by atoms with Gasteiger partial charge in [0.15, 0.2) is 11.4 Å². The van der Waals surface area contributed by atoms with Crippen molar-refractivity contribution in [2.75, 3.05) is 0 Å². The van der Waals surface area contributed by atoms with Gasteiger partial charge in [-0.25, -0.2) is 14.8 Å². The summed E-state index contributed by atoms with van der Waals surface area (Å²) in [5.41, 5.74) is -0.419. The molecular weight excluding hydrogens is 228 g/mol. The number of nitrogens with zero attached hydrogens (tertiary/aromatic N) is 3. The molecule has 0 saturated carbocycles. The highest BCUT2D eigenvalue weighted by Gasteiger charge is 2.19. The maximum Gasteiger partial charge on any atom is 0.354 e. The smallest absolute Gasteiger partial charge is 0.354 e. The lowest BCUT2D eigenvalue weighted by atomic mass is 10.3. The average Bonchev–Trinajstić information content (AvgIpc) is 2.96. The van der Waals surface area contributed by atoms with Crippen LogP contribution in [0.4, 0.5) is 0 Å². The number of carbonyl (C=O) groups is 2. The molecule has 0 spiro atoms. The summed E-state index contributed by atoms with van der Waals surface area (Å²) in [4.78, 5) is 32.2. The molecule has 2 aromatic rings. The monoisotopic (exact) mass is 236 g/mol. The molecule has 2 aromatic heterocycles. The van der Waals surface area contributed by atoms with Crippen molar-refractivity contribution in [2.45, 2.75) is 6.54 Å². The van der Waals surface area contributed by atoms with E-state index in [0.29, 0.717) is 5.82 Å². The highest BCUT2D eigenvalue weighted by molar-refractivity contribution is 6.02. The minimum Gasteiger partial charge on any atom is -0.477 e. The highest BCUT2D eigenvalue weighted by atomic mass is 16.4. The summed E-state index contributed by atoms with van der Waals surface area (Å²) in [7, 11) is 0. The number of rotatable bonds is 4. The van der Waals surface area contributed by atoms with Crippen LogP contribution in [0, 0.1) is 0 Å². The third kappa shape index (κ3) is 2.27. The quantitative estimate of drug-likeness (QED) is 0.546. The van der Waals surface area contributed by atoms with Crippen LogP contribution in [-0.4, -0.2) is 42.1 Å². The van der Waals surface area contributed by atoms with Crippen molar-refractivity contribution in [3.05, 3.63) is 29.9 Å². The van der Waals surface area contributed by atoms with Crippen molar-refractivity contribution in [2.24, 2.45) is 0 Å². The first-order valence-electron chi connectivity index (χ1n) is 4.57. The molecule has 0 aliphatic carbocycles. The average molecular weight is 236 g/mol. The molecule has 0 bridgehead atoms. The Morgan fingerprint density at radius 3 is 2.88 bits per heavy atom. The van der Waals surface area contributed by atoms with Crippen molar-refractivity contribution in [1.29, 1.82) is 0 Å². The number of carboxylic acids is 1. The van der Waals surface area contributed by atoms with Crippen LogP contribution in [0.3, 0.4) is 0 Å². The Morgan fingerprint density at radius 1 is 1.41 bits per heavy atom. The molecule has 2 heterocycles. The van der Waals surface area contributed by atoms with Crippen LogP contribution < -0.4 is 5.32 Å². The van der Waals surface area contributed by atoms with E-state index in [9.17, 15) is 9.59 Å². The number of imidazole rings is 1. The molecule has 88 valence electrons. The van der Waals surface area contributed by atoms with E-state index >= 15 is 0 Å². The fourth-order valence-electron chi connectivity index (χ4n) is 1.19. The number of carboxylic acid groups (broad SMARTS) is 1. The molecule has 1 amide bonds. The molecular formula is C8H8N6O3. The first kappa shape index (κ1) is 10.8. The van der Waals surface area contributed by atoms with Gasteiger partial charge in [0, 0.05) is 0 Å². The van der Waals surface area contributed by atoms with E-state index in [-0.39, 0.29) is 17.9 Å². The summed E-state index contributed by atoms with van der Waals surface area (Å²) < 4.78 is 0. The number of hydrogen-bond donors (Lipinski definition) is 4. The van der Waals surface area contributed by atoms with Crippen LogP contribution in [0.25, 0.3) is 0 Å². The first-order valence-corrected chi connectivity index (χ1v) is 4.57. The predicted octanol–water partition coefficient (Wildman–Crippen LogP) is -0.844. The number of aromatic carboxylic acids is 1. The minimum atomic E-state index is -1.24. The van der Waals surface area contributed by atoms with Gasteiger partial charge in [0.05, 0.1) is 12.9 Å². The summed E-state index contributed by atoms with van der Waals surface area (Å²) in [6, 6.07) is 0. The zero-order chi connectivity index (χ0) is 12.3. The Hall–Kier alpha value is -2.71. The predicted molar refractivity (Wildman–Crippen MR) is 53.1 cm³/mol. The molecule has 0 aromatic carbocycles. The molecule has 0 aliphatic heterocycles. The van der Waals surface area contributed by atoms with Gasteiger partial charge in [-0.15, -0.1) is 0 Å². The SMILES string of the molecule is O=C(NCc1ncn[nH]1)c1nc[nH]c1C(=O)O. The molecule has 17 heavy (non-hydrogen) atoms. The van der Waals surface area contributed by atoms with Crippen molar-refractivity contribution >= 4 is 11.9 Å². The number of aromatic amines is 2. The van der Waals surface area contributed by atoms with Gasteiger partial charge < -0.3 is 15.4 Å². The van der Waals surface area contributed by atoms with Gasteiger partial charge in [0.2, 0.25) is 0 Å². The normalized spacial score (nSPS) is 10.1. The van der Waals surface area contributed by atoms with Crippen LogP contribution in [0.2, 0.25) is 0 Å². The van der Waals surface area contributed by atoms with Crippen LogP contribution in [0.5, 0.6) is 0 Å². The van der Waals surface area contributed by atoms with Gasteiger partial charge in [-0.2, -0.15) is 5.10 Å². The lowest BCUT2D eigenvalue weighted by Crippen LogP contribution is -2.25. The number of nitrogens with one attached hydrogen (secondary N) is 3. The van der Waals surface area contributed by atoms with Crippen LogP contribution in [-0.2, 0) is 6.54 Å². The van der Waals surface area contributed by atoms with E-state index in [4.69, 9.17) is 5.11 Å². The van der Waals surface area contributed by atoms with Crippen molar-refractivity contribution in [1.82, 2.24) is 30.5 Å². The maximum atomic E-state index is 11.6. The summed E-state index contributed by atoms with van der Waals surface area (Å²) in [5.74, 6) is -1.38. The topological polar surface area (TPSA) is 137 Å². The number of hydrogen-bond acceptors (Lipinski definition) is 5. The zero-order valence-electron chi connectivity index (χ0n) is 8.47. The zero-order valence-corrected chi connectivity index (χ0v) is 8.47. The molecule has 0 aliphatic rings. The van der Waals surface area contributed by atoms with Gasteiger partial charge in [-0.1, -0.05) is 0 Å². The number of amides is 1. The van der Waals surface area contributed by atoms with E-state index < -0.39 is 11.9 Å². The third-order valence-corrected chi connectivity index (χ3v) is 1.95. The number of aromatic nitrogens is 5. The van der Waals surface area contributed by atoms with Crippen LogP contribution in [0.15, 0.2) is 12.7 Å². The second-order valence-electron chi connectivity index (χ2n) is 3.05. The molecule has 0 radical (unpaired) electrons. The number of H-pyrrole nitrogens is 2. The van der Waals surface area contributed by atoms with E-state index in [0.717, 1.165) is 6.33 Å². The van der Waals surface area contributed by atoms with Gasteiger partial charge in [-0.05, 0) is 0 Å². The van der Waals surface area contributed by atoms with Gasteiger partial charge >= 0.3 is 5.97 Å². The standard InChI is InChI=1S/C8H8N6O3/c15-7(9-1-4-10-3-13-14-4)5-6(8(16)17)12-2-11-5/h2-3H,1H2,(H,9,15)(H,11,12)(H,16,17)(H,10,13,14). The molecule has 0 atom stereocenters. The van der Waals surface area contributed by atoms with Crippen molar-refractivity contribution in [3.63, 3.8) is 0 Å². The lowest BCUT2D eigenvalue weighted by molar-refractivity contribution is 0.0685. The Bertz CT molecular complexity index is 531. The van der Waals surface area contributed by atoms with E-state index in [2.05, 4.69) is 30.5 Å². The molecule has 2 rings (SSSR count). The molecule has 4 N–H and O–H groups in total. The first-order chi connectivity index (χ1) is 8.18. The second-order valence-corrected chi connectivity index (χ2v) is 3.05. The third-order valence-electron chi connectivity index (χ3n) is 1.95. The van der Waals surface area contributed by atoms with Crippen molar-refractivity contribution in [3.8, 4) is 0 Å². The Balaban J connectivity index is 2.04. The van der Waals surface area contributed by atoms with E-state index in [1.54, 1.807) is 0 Å². The Labute approximate surface area is 94.3 Å². The van der Waals surface area contributed by atoms with Crippen LogP contribution >= 0.6 is 0 Å². The summed E-state index contributed by atoms with van der Waals surface area (Å²) in [6.07, 6.45) is 2.45. The second kappa shape index (κ2) is 4.43. The van der Waals surface area contributed by atoms with Gasteiger partial charge in [0.25, 0.3) is 5.91 Å². The Kier molecular flexibility index (Phi) is 2.81. The fraction of sp³-hybridized carbons (Fsp3) is 0.125. The fourth-order valence-corrected chi connectivity index (χ4v) is 1.19. The number of carbonyl (C=O) groups excluding carboxylic acids is 1. The molecule has 9 nitrogen and oxygen atoms in total. The largest absolute Gasteiger partial charge is 0.477 e. The summed E-state index contributed by atoms with van der Waals surface area (Å²) >= 11 is 0. The van der Waals surface area contributed by atoms with Gasteiger partial charge in [-0.3, -0.25) is 9.89 Å². The highest BCUT2D eigenvalue weighted by Crippen LogP contribution is 2.02. The van der Waals surface area contributed by atoms with E-state index in [1.165, 1.54) is 6.33 Å². The van der Waals surface area contributed by atoms with Gasteiger partial charge in [0.1, 0.15) is 12.2 Å². The molecule has 0 saturated heterocycles. The lowest BCUT2D eigenvalue weighted by Gasteiger charge is -2.00. The Morgan fingerprint density at radius 2 is 2.24 bits per heavy atom. The maximum absolute atomic E-state index is 11.6. The van der Waals surface area contributed by atoms with Crippen molar-refractivity contribution < 1.29 is 14.7 Å². The van der Waals surface area contributed by atoms with E-state index in [1.807, 2.05) is 0 Å².